The van der Waals surface area contributed by atoms with Crippen LogP contribution in [0.1, 0.15) is 40.7 Å². The number of hydrogen-bond acceptors (Lipinski definition) is 4. The third kappa shape index (κ3) is 5.26. The van der Waals surface area contributed by atoms with Crippen molar-refractivity contribution in [2.75, 3.05) is 27.3 Å². The number of ether oxygens (including phenoxy) is 2. The Labute approximate surface area is 175 Å². The summed E-state index contributed by atoms with van der Waals surface area (Å²) in [5, 5.41) is 2.96. The fourth-order valence-electron chi connectivity index (χ4n) is 3.48. The molecule has 0 spiro atoms. The van der Waals surface area contributed by atoms with E-state index in [1.54, 1.807) is 26.4 Å². The summed E-state index contributed by atoms with van der Waals surface area (Å²) in [6.45, 7) is 3.84. The van der Waals surface area contributed by atoms with Crippen molar-refractivity contribution in [3.05, 3.63) is 57.6 Å². The van der Waals surface area contributed by atoms with Crippen LogP contribution in [0.25, 0.3) is 0 Å². The number of carbonyl (C=O) groups is 1. The van der Waals surface area contributed by atoms with Crippen molar-refractivity contribution >= 4 is 21.8 Å². The third-order valence-corrected chi connectivity index (χ3v) is 5.62. The quantitative estimate of drug-likeness (QED) is 0.685. The highest BCUT2D eigenvalue weighted by Crippen LogP contribution is 2.33. The first-order valence-corrected chi connectivity index (χ1v) is 10.4. The van der Waals surface area contributed by atoms with Gasteiger partial charge < -0.3 is 14.8 Å². The summed E-state index contributed by atoms with van der Waals surface area (Å²) in [6.07, 6.45) is 3.95. The molecule has 0 aromatic heterocycles. The molecule has 1 aliphatic heterocycles. The predicted molar refractivity (Wildman–Crippen MR) is 114 cm³/mol. The minimum Gasteiger partial charge on any atom is -0.497 e. The van der Waals surface area contributed by atoms with Crippen LogP contribution < -0.4 is 14.8 Å². The van der Waals surface area contributed by atoms with Crippen LogP contribution in [0.15, 0.2) is 40.9 Å². The topological polar surface area (TPSA) is 50.8 Å². The van der Waals surface area contributed by atoms with E-state index in [0.29, 0.717) is 28.1 Å². The van der Waals surface area contributed by atoms with E-state index in [9.17, 15) is 4.79 Å². The molecule has 1 fully saturated rings. The third-order valence-electron chi connectivity index (χ3n) is 5.03. The Morgan fingerprint density at radius 1 is 1.04 bits per heavy atom. The lowest BCUT2D eigenvalue weighted by Crippen LogP contribution is -2.29. The van der Waals surface area contributed by atoms with Crippen molar-refractivity contribution in [1.29, 1.82) is 0 Å². The van der Waals surface area contributed by atoms with Crippen LogP contribution in [0.3, 0.4) is 0 Å². The zero-order valence-corrected chi connectivity index (χ0v) is 18.0. The predicted octanol–water partition coefficient (Wildman–Crippen LogP) is 4.38. The Bertz CT molecular complexity index is 802. The zero-order valence-electron chi connectivity index (χ0n) is 16.5. The van der Waals surface area contributed by atoms with E-state index in [-0.39, 0.29) is 5.91 Å². The summed E-state index contributed by atoms with van der Waals surface area (Å²) >= 11 is 3.42. The summed E-state index contributed by atoms with van der Waals surface area (Å²) in [4.78, 5) is 15.2. The average Bonchev–Trinajstić information content (AvgIpc) is 2.73. The van der Waals surface area contributed by atoms with Crippen LogP contribution in [-0.4, -0.2) is 38.1 Å². The van der Waals surface area contributed by atoms with Crippen LogP contribution >= 0.6 is 15.9 Å². The molecule has 2 aromatic carbocycles. The van der Waals surface area contributed by atoms with E-state index in [1.807, 2.05) is 0 Å². The number of piperidine rings is 1. The molecule has 1 amide bonds. The summed E-state index contributed by atoms with van der Waals surface area (Å²) in [5.41, 5.74) is 2.82. The number of carbonyl (C=O) groups excluding carboxylic acids is 1. The van der Waals surface area contributed by atoms with Gasteiger partial charge in [-0.05, 0) is 65.1 Å². The van der Waals surface area contributed by atoms with Gasteiger partial charge in [-0.1, -0.05) is 30.7 Å². The van der Waals surface area contributed by atoms with Gasteiger partial charge in [0.15, 0.2) is 0 Å². The SMILES string of the molecule is COc1cc(Br)c(OC)c(C(=O)NCc2ccc(CN3CCCCC3)cc2)c1. The molecule has 28 heavy (non-hydrogen) atoms. The summed E-state index contributed by atoms with van der Waals surface area (Å²) in [5.74, 6) is 0.893. The highest BCUT2D eigenvalue weighted by Gasteiger charge is 2.17. The molecule has 0 unspecified atom stereocenters. The van der Waals surface area contributed by atoms with Gasteiger partial charge >= 0.3 is 0 Å². The van der Waals surface area contributed by atoms with E-state index < -0.39 is 0 Å². The van der Waals surface area contributed by atoms with Crippen LogP contribution in [-0.2, 0) is 13.1 Å². The van der Waals surface area contributed by atoms with Crippen molar-refractivity contribution in [3.8, 4) is 11.5 Å². The molecule has 1 heterocycles. The van der Waals surface area contributed by atoms with Crippen LogP contribution in [0.5, 0.6) is 11.5 Å². The normalized spacial score (nSPS) is 14.5. The van der Waals surface area contributed by atoms with Gasteiger partial charge in [0.2, 0.25) is 0 Å². The Kier molecular flexibility index (Phi) is 7.34. The molecule has 0 atom stereocenters. The van der Waals surface area contributed by atoms with Crippen molar-refractivity contribution in [3.63, 3.8) is 0 Å². The summed E-state index contributed by atoms with van der Waals surface area (Å²) in [7, 11) is 3.12. The van der Waals surface area contributed by atoms with E-state index in [0.717, 1.165) is 12.1 Å². The maximum absolute atomic E-state index is 12.7. The first-order valence-electron chi connectivity index (χ1n) is 9.60. The minimum absolute atomic E-state index is 0.200. The number of halogens is 1. The monoisotopic (exact) mass is 446 g/mol. The minimum atomic E-state index is -0.200. The number of benzene rings is 2. The first kappa shape index (κ1) is 20.7. The van der Waals surface area contributed by atoms with Gasteiger partial charge in [0.1, 0.15) is 11.5 Å². The number of nitrogens with zero attached hydrogens (tertiary/aromatic N) is 1. The van der Waals surface area contributed by atoms with Crippen molar-refractivity contribution < 1.29 is 14.3 Å². The molecule has 150 valence electrons. The second kappa shape index (κ2) is 9.94. The first-order chi connectivity index (χ1) is 13.6. The fourth-order valence-corrected chi connectivity index (χ4v) is 4.08. The van der Waals surface area contributed by atoms with Crippen LogP contribution in [0.2, 0.25) is 0 Å². The van der Waals surface area contributed by atoms with Crippen molar-refractivity contribution in [2.24, 2.45) is 0 Å². The van der Waals surface area contributed by atoms with E-state index in [4.69, 9.17) is 9.47 Å². The van der Waals surface area contributed by atoms with Crippen molar-refractivity contribution in [2.45, 2.75) is 32.4 Å². The van der Waals surface area contributed by atoms with Gasteiger partial charge in [-0.25, -0.2) is 0 Å². The molecule has 2 aromatic rings. The molecule has 0 radical (unpaired) electrons. The van der Waals surface area contributed by atoms with Crippen LogP contribution in [0.4, 0.5) is 0 Å². The van der Waals surface area contributed by atoms with Gasteiger partial charge in [0, 0.05) is 13.1 Å². The number of methoxy groups -OCH3 is 2. The van der Waals surface area contributed by atoms with Crippen LogP contribution in [0, 0.1) is 0 Å². The van der Waals surface area contributed by atoms with Gasteiger partial charge in [-0.15, -0.1) is 0 Å². The largest absolute Gasteiger partial charge is 0.497 e. The second-order valence-corrected chi connectivity index (χ2v) is 7.88. The maximum Gasteiger partial charge on any atom is 0.255 e. The summed E-state index contributed by atoms with van der Waals surface area (Å²) < 4.78 is 11.3. The lowest BCUT2D eigenvalue weighted by atomic mass is 10.1. The van der Waals surface area contributed by atoms with E-state index in [1.165, 1.54) is 37.9 Å². The molecular formula is C22H27BrN2O3. The maximum atomic E-state index is 12.7. The Morgan fingerprint density at radius 2 is 1.71 bits per heavy atom. The molecule has 5 nitrogen and oxygen atoms in total. The van der Waals surface area contributed by atoms with E-state index in [2.05, 4.69) is 50.4 Å². The molecule has 6 heteroatoms. The average molecular weight is 447 g/mol. The van der Waals surface area contributed by atoms with Gasteiger partial charge in [0.25, 0.3) is 5.91 Å². The molecule has 0 aliphatic carbocycles. The molecule has 1 N–H and O–H groups in total. The molecule has 0 saturated carbocycles. The molecule has 1 saturated heterocycles. The van der Waals surface area contributed by atoms with Gasteiger partial charge in [0.05, 0.1) is 24.3 Å². The number of hydrogen-bond donors (Lipinski definition) is 1. The highest BCUT2D eigenvalue weighted by atomic mass is 79.9. The number of amides is 1. The van der Waals surface area contributed by atoms with Crippen molar-refractivity contribution in [1.82, 2.24) is 10.2 Å². The number of nitrogens with one attached hydrogen (secondary N) is 1. The van der Waals surface area contributed by atoms with Gasteiger partial charge in [-0.2, -0.15) is 0 Å². The van der Waals surface area contributed by atoms with E-state index >= 15 is 0 Å². The molecule has 1 aliphatic rings. The molecular weight excluding hydrogens is 420 g/mol. The zero-order chi connectivity index (χ0) is 19.9. The second-order valence-electron chi connectivity index (χ2n) is 7.03. The standard InChI is InChI=1S/C22H27BrN2O3/c1-27-18-12-19(21(28-2)20(23)13-18)22(26)24-14-16-6-8-17(9-7-16)15-25-10-4-3-5-11-25/h6-9,12-13H,3-5,10-11,14-15H2,1-2H3,(H,24,26). The number of likely N-dealkylation sites (tertiary alicyclic amines) is 1. The lowest BCUT2D eigenvalue weighted by Gasteiger charge is -2.26. The number of rotatable bonds is 7. The Morgan fingerprint density at radius 3 is 2.36 bits per heavy atom. The van der Waals surface area contributed by atoms with Gasteiger partial charge in [-0.3, -0.25) is 9.69 Å². The smallest absolute Gasteiger partial charge is 0.255 e. The molecule has 3 rings (SSSR count). The summed E-state index contributed by atoms with van der Waals surface area (Å²) in [6, 6.07) is 11.9. The Hall–Kier alpha value is -2.05. The highest BCUT2D eigenvalue weighted by molar-refractivity contribution is 9.10. The fraction of sp³-hybridized carbons (Fsp3) is 0.409. The lowest BCUT2D eigenvalue weighted by molar-refractivity contribution is 0.0947. The Balaban J connectivity index is 1.61. The molecule has 0 bridgehead atoms.